The van der Waals surface area contributed by atoms with Crippen LogP contribution in [0.2, 0.25) is 0 Å². The molecule has 1 fully saturated rings. The summed E-state index contributed by atoms with van der Waals surface area (Å²) < 4.78 is 0. The number of carbonyl (C=O) groups excluding carboxylic acids is 1. The summed E-state index contributed by atoms with van der Waals surface area (Å²) in [5.74, 6) is -0.0435. The molecule has 1 amide bonds. The summed E-state index contributed by atoms with van der Waals surface area (Å²) >= 11 is 0. The van der Waals surface area contributed by atoms with Gasteiger partial charge in [0.25, 0.3) is 5.91 Å². The van der Waals surface area contributed by atoms with Crippen molar-refractivity contribution in [1.82, 2.24) is 10.3 Å². The number of anilines is 1. The standard InChI is InChI=1S/C16H17N3O/c20-16(13-5-4-9-17-11-13)18-14-8-10-19(12-14)15-6-2-1-3-7-15/h1-7,9,11,14H,8,10,12H2,(H,18,20). The Morgan fingerprint density at radius 3 is 2.80 bits per heavy atom. The first-order valence-electron chi connectivity index (χ1n) is 6.84. The van der Waals surface area contributed by atoms with Crippen LogP contribution in [0.15, 0.2) is 54.9 Å². The third-order valence-electron chi connectivity index (χ3n) is 3.57. The minimum Gasteiger partial charge on any atom is -0.369 e. The lowest BCUT2D eigenvalue weighted by molar-refractivity contribution is 0.0940. The molecule has 2 aromatic rings. The number of hydrogen-bond donors (Lipinski definition) is 1. The number of hydrogen-bond acceptors (Lipinski definition) is 3. The summed E-state index contributed by atoms with van der Waals surface area (Å²) in [6, 6.07) is 14.1. The first kappa shape index (κ1) is 12.7. The summed E-state index contributed by atoms with van der Waals surface area (Å²) in [5.41, 5.74) is 1.83. The SMILES string of the molecule is O=C(NC1CCN(c2ccccc2)C1)c1cccnc1. The average Bonchev–Trinajstić information content (AvgIpc) is 2.97. The molecule has 1 aromatic carbocycles. The molecule has 1 aliphatic rings. The molecule has 1 aliphatic heterocycles. The van der Waals surface area contributed by atoms with Crippen molar-refractivity contribution in [1.29, 1.82) is 0 Å². The molecular weight excluding hydrogens is 250 g/mol. The largest absolute Gasteiger partial charge is 0.369 e. The number of carbonyl (C=O) groups is 1. The molecule has 0 aliphatic carbocycles. The molecule has 3 rings (SSSR count). The fourth-order valence-electron chi connectivity index (χ4n) is 2.52. The molecule has 1 unspecified atom stereocenters. The molecule has 0 bridgehead atoms. The van der Waals surface area contributed by atoms with E-state index in [1.807, 2.05) is 18.2 Å². The predicted octanol–water partition coefficient (Wildman–Crippen LogP) is 2.09. The third kappa shape index (κ3) is 2.79. The van der Waals surface area contributed by atoms with Crippen molar-refractivity contribution in [3.63, 3.8) is 0 Å². The zero-order valence-corrected chi connectivity index (χ0v) is 11.2. The molecule has 20 heavy (non-hydrogen) atoms. The normalized spacial score (nSPS) is 18.0. The summed E-state index contributed by atoms with van der Waals surface area (Å²) in [4.78, 5) is 18.3. The Bertz CT molecular complexity index is 571. The number of para-hydroxylation sites is 1. The van der Waals surface area contributed by atoms with E-state index in [-0.39, 0.29) is 11.9 Å². The number of aromatic nitrogens is 1. The molecule has 4 nitrogen and oxygen atoms in total. The van der Waals surface area contributed by atoms with Gasteiger partial charge in [0.05, 0.1) is 5.56 Å². The van der Waals surface area contributed by atoms with Crippen molar-refractivity contribution in [2.24, 2.45) is 0 Å². The van der Waals surface area contributed by atoms with Gasteiger partial charge in [0.2, 0.25) is 0 Å². The predicted molar refractivity (Wildman–Crippen MR) is 78.8 cm³/mol. The van der Waals surface area contributed by atoms with Crippen molar-refractivity contribution in [3.8, 4) is 0 Å². The Labute approximate surface area is 118 Å². The Hall–Kier alpha value is -2.36. The quantitative estimate of drug-likeness (QED) is 0.926. The minimum atomic E-state index is -0.0435. The van der Waals surface area contributed by atoms with Gasteiger partial charge in [-0.15, -0.1) is 0 Å². The van der Waals surface area contributed by atoms with Crippen molar-refractivity contribution >= 4 is 11.6 Å². The van der Waals surface area contributed by atoms with Crippen LogP contribution in [0.25, 0.3) is 0 Å². The fourth-order valence-corrected chi connectivity index (χ4v) is 2.52. The van der Waals surface area contributed by atoms with E-state index in [1.54, 1.807) is 24.5 Å². The summed E-state index contributed by atoms with van der Waals surface area (Å²) in [6.45, 7) is 1.83. The monoisotopic (exact) mass is 267 g/mol. The summed E-state index contributed by atoms with van der Waals surface area (Å²) in [5, 5.41) is 3.07. The molecule has 2 heterocycles. The maximum absolute atomic E-state index is 12.1. The lowest BCUT2D eigenvalue weighted by Crippen LogP contribution is -2.37. The van der Waals surface area contributed by atoms with Crippen molar-refractivity contribution in [3.05, 3.63) is 60.4 Å². The van der Waals surface area contributed by atoms with Gasteiger partial charge in [-0.3, -0.25) is 9.78 Å². The lowest BCUT2D eigenvalue weighted by atomic mass is 10.2. The van der Waals surface area contributed by atoms with Gasteiger partial charge in [0.15, 0.2) is 0 Å². The van der Waals surface area contributed by atoms with Gasteiger partial charge in [0, 0.05) is 37.2 Å². The van der Waals surface area contributed by atoms with Gasteiger partial charge in [-0.2, -0.15) is 0 Å². The molecular formula is C16H17N3O. The van der Waals surface area contributed by atoms with Crippen molar-refractivity contribution < 1.29 is 4.79 Å². The highest BCUT2D eigenvalue weighted by Crippen LogP contribution is 2.19. The second-order valence-corrected chi connectivity index (χ2v) is 4.98. The highest BCUT2D eigenvalue weighted by atomic mass is 16.1. The summed E-state index contributed by atoms with van der Waals surface area (Å²) in [7, 11) is 0. The van der Waals surface area contributed by atoms with Crippen LogP contribution in [0.3, 0.4) is 0 Å². The van der Waals surface area contributed by atoms with Crippen LogP contribution in [0.4, 0.5) is 5.69 Å². The van der Waals surface area contributed by atoms with Crippen LogP contribution in [0.5, 0.6) is 0 Å². The lowest BCUT2D eigenvalue weighted by Gasteiger charge is -2.18. The van der Waals surface area contributed by atoms with E-state index in [4.69, 9.17) is 0 Å². The Kier molecular flexibility index (Phi) is 3.63. The topological polar surface area (TPSA) is 45.2 Å². The zero-order chi connectivity index (χ0) is 13.8. The van der Waals surface area contributed by atoms with E-state index in [1.165, 1.54) is 5.69 Å². The number of nitrogens with zero attached hydrogens (tertiary/aromatic N) is 2. The first-order valence-corrected chi connectivity index (χ1v) is 6.84. The molecule has 102 valence electrons. The van der Waals surface area contributed by atoms with Crippen LogP contribution in [-0.2, 0) is 0 Å². The molecule has 1 N–H and O–H groups in total. The first-order chi connectivity index (χ1) is 9.83. The van der Waals surface area contributed by atoms with Crippen LogP contribution in [0.1, 0.15) is 16.8 Å². The highest BCUT2D eigenvalue weighted by Gasteiger charge is 2.24. The van der Waals surface area contributed by atoms with E-state index >= 15 is 0 Å². The van der Waals surface area contributed by atoms with Gasteiger partial charge in [0.1, 0.15) is 0 Å². The van der Waals surface area contributed by atoms with Gasteiger partial charge >= 0.3 is 0 Å². The maximum atomic E-state index is 12.1. The fraction of sp³-hybridized carbons (Fsp3) is 0.250. The number of rotatable bonds is 3. The molecule has 0 saturated carbocycles. The smallest absolute Gasteiger partial charge is 0.253 e. The number of amides is 1. The van der Waals surface area contributed by atoms with Gasteiger partial charge in [-0.05, 0) is 30.7 Å². The molecule has 1 saturated heterocycles. The minimum absolute atomic E-state index is 0.0435. The molecule has 4 heteroatoms. The second-order valence-electron chi connectivity index (χ2n) is 4.98. The van der Waals surface area contributed by atoms with E-state index in [2.05, 4.69) is 27.3 Å². The van der Waals surface area contributed by atoms with Crippen molar-refractivity contribution in [2.45, 2.75) is 12.5 Å². The summed E-state index contributed by atoms with van der Waals surface area (Å²) in [6.07, 6.45) is 4.24. The molecule has 1 aromatic heterocycles. The molecule has 1 atom stereocenters. The van der Waals surface area contributed by atoms with Crippen LogP contribution in [-0.4, -0.2) is 30.0 Å². The van der Waals surface area contributed by atoms with E-state index in [0.29, 0.717) is 5.56 Å². The number of nitrogens with one attached hydrogen (secondary N) is 1. The zero-order valence-electron chi connectivity index (χ0n) is 11.2. The van der Waals surface area contributed by atoms with E-state index in [0.717, 1.165) is 19.5 Å². The molecule has 0 spiro atoms. The molecule has 0 radical (unpaired) electrons. The van der Waals surface area contributed by atoms with Gasteiger partial charge < -0.3 is 10.2 Å². The second kappa shape index (κ2) is 5.74. The Morgan fingerprint density at radius 1 is 1.20 bits per heavy atom. The van der Waals surface area contributed by atoms with Crippen LogP contribution < -0.4 is 10.2 Å². The van der Waals surface area contributed by atoms with Gasteiger partial charge in [-0.25, -0.2) is 0 Å². The van der Waals surface area contributed by atoms with Crippen molar-refractivity contribution in [2.75, 3.05) is 18.0 Å². The van der Waals surface area contributed by atoms with Gasteiger partial charge in [-0.1, -0.05) is 18.2 Å². The maximum Gasteiger partial charge on any atom is 0.253 e. The van der Waals surface area contributed by atoms with Crippen LogP contribution in [0, 0.1) is 0 Å². The Balaban J connectivity index is 1.60. The third-order valence-corrected chi connectivity index (χ3v) is 3.57. The van der Waals surface area contributed by atoms with E-state index < -0.39 is 0 Å². The number of pyridine rings is 1. The van der Waals surface area contributed by atoms with Crippen LogP contribution >= 0.6 is 0 Å². The van der Waals surface area contributed by atoms with E-state index in [9.17, 15) is 4.79 Å². The Morgan fingerprint density at radius 2 is 2.05 bits per heavy atom. The number of benzene rings is 1. The average molecular weight is 267 g/mol. The highest BCUT2D eigenvalue weighted by molar-refractivity contribution is 5.94.